The molecule has 1 aliphatic carbocycles. The number of nitrogens with two attached hydrogens (primary N) is 1. The van der Waals surface area contributed by atoms with Gasteiger partial charge in [0.25, 0.3) is 0 Å². The highest BCUT2D eigenvalue weighted by atomic mass is 16.5. The van der Waals surface area contributed by atoms with E-state index in [1.165, 1.54) is 18.4 Å². The number of nitrogens with one attached hydrogen (secondary N) is 1. The van der Waals surface area contributed by atoms with Crippen LogP contribution in [0, 0.1) is 5.41 Å². The standard InChI is InChI=1S/C15H24N2O/c1-11(2)18-13-6-4-12(5-7-13)14(16)15(8-9-15)10-17-3/h4-7,11,14,17H,8-10,16H2,1-3H3. The molecule has 0 radical (unpaired) electrons. The van der Waals surface area contributed by atoms with E-state index in [9.17, 15) is 0 Å². The van der Waals surface area contributed by atoms with Crippen LogP contribution in [0.4, 0.5) is 0 Å². The summed E-state index contributed by atoms with van der Waals surface area (Å²) < 4.78 is 5.64. The van der Waals surface area contributed by atoms with E-state index in [2.05, 4.69) is 17.4 Å². The highest BCUT2D eigenvalue weighted by Gasteiger charge is 2.47. The van der Waals surface area contributed by atoms with Crippen LogP contribution in [0.5, 0.6) is 5.75 Å². The maximum atomic E-state index is 6.39. The molecule has 0 aromatic heterocycles. The van der Waals surface area contributed by atoms with Gasteiger partial charge in [0.05, 0.1) is 6.10 Å². The van der Waals surface area contributed by atoms with Gasteiger partial charge in [-0.3, -0.25) is 0 Å². The predicted octanol–water partition coefficient (Wildman–Crippen LogP) is 2.47. The van der Waals surface area contributed by atoms with Crippen LogP contribution in [-0.4, -0.2) is 19.7 Å². The number of hydrogen-bond donors (Lipinski definition) is 2. The summed E-state index contributed by atoms with van der Waals surface area (Å²) in [6.07, 6.45) is 2.65. The van der Waals surface area contributed by atoms with Crippen molar-refractivity contribution in [2.24, 2.45) is 11.1 Å². The summed E-state index contributed by atoms with van der Waals surface area (Å²) in [7, 11) is 1.99. The van der Waals surface area contributed by atoms with E-state index < -0.39 is 0 Å². The van der Waals surface area contributed by atoms with Crippen molar-refractivity contribution in [1.29, 1.82) is 0 Å². The summed E-state index contributed by atoms with van der Waals surface area (Å²) >= 11 is 0. The summed E-state index contributed by atoms with van der Waals surface area (Å²) in [5.74, 6) is 0.916. The molecule has 0 aliphatic heterocycles. The molecule has 0 amide bonds. The van der Waals surface area contributed by atoms with Gasteiger partial charge in [0.1, 0.15) is 5.75 Å². The van der Waals surface area contributed by atoms with Crippen LogP contribution in [0.3, 0.4) is 0 Å². The Balaban J connectivity index is 2.05. The average Bonchev–Trinajstić information content (AvgIpc) is 3.10. The quantitative estimate of drug-likeness (QED) is 0.813. The number of rotatable bonds is 6. The fraction of sp³-hybridized carbons (Fsp3) is 0.600. The first-order valence-electron chi connectivity index (χ1n) is 6.74. The summed E-state index contributed by atoms with van der Waals surface area (Å²) in [4.78, 5) is 0. The number of benzene rings is 1. The van der Waals surface area contributed by atoms with Gasteiger partial charge in [0, 0.05) is 18.0 Å². The van der Waals surface area contributed by atoms with Crippen LogP contribution in [0.2, 0.25) is 0 Å². The van der Waals surface area contributed by atoms with Crippen molar-refractivity contribution in [1.82, 2.24) is 5.32 Å². The molecule has 0 saturated heterocycles. The molecule has 100 valence electrons. The zero-order chi connectivity index (χ0) is 13.2. The molecule has 1 fully saturated rings. The lowest BCUT2D eigenvalue weighted by Crippen LogP contribution is -2.31. The lowest BCUT2D eigenvalue weighted by atomic mass is 9.90. The second-order valence-electron chi connectivity index (χ2n) is 5.61. The Hall–Kier alpha value is -1.06. The molecule has 3 heteroatoms. The predicted molar refractivity (Wildman–Crippen MR) is 74.7 cm³/mol. The van der Waals surface area contributed by atoms with E-state index in [0.717, 1.165) is 12.3 Å². The van der Waals surface area contributed by atoms with Gasteiger partial charge in [0.15, 0.2) is 0 Å². The fourth-order valence-corrected chi connectivity index (χ4v) is 2.49. The third-order valence-corrected chi connectivity index (χ3v) is 3.69. The Morgan fingerprint density at radius 1 is 1.28 bits per heavy atom. The van der Waals surface area contributed by atoms with Gasteiger partial charge in [-0.1, -0.05) is 12.1 Å². The lowest BCUT2D eigenvalue weighted by Gasteiger charge is -2.23. The molecule has 0 bridgehead atoms. The van der Waals surface area contributed by atoms with Crippen molar-refractivity contribution in [3.05, 3.63) is 29.8 Å². The van der Waals surface area contributed by atoms with E-state index in [1.807, 2.05) is 33.0 Å². The Kier molecular flexibility index (Phi) is 3.93. The van der Waals surface area contributed by atoms with Crippen molar-refractivity contribution >= 4 is 0 Å². The van der Waals surface area contributed by atoms with Gasteiger partial charge < -0.3 is 15.8 Å². The van der Waals surface area contributed by atoms with E-state index in [1.54, 1.807) is 0 Å². The molecule has 1 aromatic rings. The van der Waals surface area contributed by atoms with Crippen LogP contribution < -0.4 is 15.8 Å². The van der Waals surface area contributed by atoms with Gasteiger partial charge in [-0.2, -0.15) is 0 Å². The number of ether oxygens (including phenoxy) is 1. The molecule has 3 N–H and O–H groups in total. The van der Waals surface area contributed by atoms with Crippen LogP contribution in [0.1, 0.15) is 38.3 Å². The first-order chi connectivity index (χ1) is 8.57. The van der Waals surface area contributed by atoms with Gasteiger partial charge in [-0.05, 0) is 51.4 Å². The second-order valence-corrected chi connectivity index (χ2v) is 5.61. The molecule has 2 rings (SSSR count). The Bertz CT molecular complexity index is 382. The molecule has 1 atom stereocenters. The number of hydrogen-bond acceptors (Lipinski definition) is 3. The molecular weight excluding hydrogens is 224 g/mol. The van der Waals surface area contributed by atoms with Crippen molar-refractivity contribution in [3.8, 4) is 5.75 Å². The van der Waals surface area contributed by atoms with Crippen LogP contribution in [0.15, 0.2) is 24.3 Å². The molecular formula is C15H24N2O. The average molecular weight is 248 g/mol. The zero-order valence-electron chi connectivity index (χ0n) is 11.6. The van der Waals surface area contributed by atoms with Crippen LogP contribution in [-0.2, 0) is 0 Å². The largest absolute Gasteiger partial charge is 0.491 e. The van der Waals surface area contributed by atoms with Gasteiger partial charge >= 0.3 is 0 Å². The van der Waals surface area contributed by atoms with E-state index in [4.69, 9.17) is 10.5 Å². The molecule has 1 aliphatic rings. The minimum atomic E-state index is 0.123. The van der Waals surface area contributed by atoms with E-state index >= 15 is 0 Å². The van der Waals surface area contributed by atoms with Crippen molar-refractivity contribution in [2.75, 3.05) is 13.6 Å². The summed E-state index contributed by atoms with van der Waals surface area (Å²) in [6.45, 7) is 5.07. The highest BCUT2D eigenvalue weighted by molar-refractivity contribution is 5.31. The zero-order valence-corrected chi connectivity index (χ0v) is 11.6. The molecule has 0 heterocycles. The summed E-state index contributed by atoms with van der Waals surface area (Å²) in [5.41, 5.74) is 7.87. The first-order valence-corrected chi connectivity index (χ1v) is 6.74. The third kappa shape index (κ3) is 2.85. The molecule has 0 spiro atoms. The summed E-state index contributed by atoms with van der Waals surface area (Å²) in [6, 6.07) is 8.35. The molecule has 3 nitrogen and oxygen atoms in total. The maximum absolute atomic E-state index is 6.39. The lowest BCUT2D eigenvalue weighted by molar-refractivity contribution is 0.242. The Morgan fingerprint density at radius 2 is 1.89 bits per heavy atom. The minimum absolute atomic E-state index is 0.123. The fourth-order valence-electron chi connectivity index (χ4n) is 2.49. The maximum Gasteiger partial charge on any atom is 0.119 e. The molecule has 1 unspecified atom stereocenters. The normalized spacial score (nSPS) is 18.7. The van der Waals surface area contributed by atoms with Crippen molar-refractivity contribution in [3.63, 3.8) is 0 Å². The van der Waals surface area contributed by atoms with Gasteiger partial charge in [-0.15, -0.1) is 0 Å². The highest BCUT2D eigenvalue weighted by Crippen LogP contribution is 2.53. The van der Waals surface area contributed by atoms with Crippen LogP contribution in [0.25, 0.3) is 0 Å². The molecule has 1 saturated carbocycles. The monoisotopic (exact) mass is 248 g/mol. The van der Waals surface area contributed by atoms with Gasteiger partial charge in [-0.25, -0.2) is 0 Å². The molecule has 1 aromatic carbocycles. The first kappa shape index (κ1) is 13.4. The summed E-state index contributed by atoms with van der Waals surface area (Å²) in [5, 5.41) is 3.25. The van der Waals surface area contributed by atoms with Crippen LogP contribution >= 0.6 is 0 Å². The van der Waals surface area contributed by atoms with Gasteiger partial charge in [0.2, 0.25) is 0 Å². The topological polar surface area (TPSA) is 47.3 Å². The minimum Gasteiger partial charge on any atom is -0.491 e. The second kappa shape index (κ2) is 5.29. The van der Waals surface area contributed by atoms with E-state index in [0.29, 0.717) is 0 Å². The Labute approximate surface area is 110 Å². The van der Waals surface area contributed by atoms with Crippen molar-refractivity contribution in [2.45, 2.75) is 38.8 Å². The smallest absolute Gasteiger partial charge is 0.119 e. The third-order valence-electron chi connectivity index (χ3n) is 3.69. The molecule has 18 heavy (non-hydrogen) atoms. The SMILES string of the molecule is CNCC1(C(N)c2ccc(OC(C)C)cc2)CC1. The Morgan fingerprint density at radius 3 is 2.33 bits per heavy atom. The van der Waals surface area contributed by atoms with Crippen molar-refractivity contribution < 1.29 is 4.74 Å². The van der Waals surface area contributed by atoms with E-state index in [-0.39, 0.29) is 17.6 Å².